The maximum atomic E-state index is 12.8. The number of carbonyl (C=O) groups excluding carboxylic acids is 1. The van der Waals surface area contributed by atoms with Gasteiger partial charge in [-0.25, -0.2) is 8.42 Å². The fourth-order valence-corrected chi connectivity index (χ4v) is 4.33. The van der Waals surface area contributed by atoms with Gasteiger partial charge < -0.3 is 10.1 Å². The fourth-order valence-electron chi connectivity index (χ4n) is 2.61. The lowest BCUT2D eigenvalue weighted by atomic mass is 10.1. The van der Waals surface area contributed by atoms with Gasteiger partial charge in [-0.15, -0.1) is 0 Å². The van der Waals surface area contributed by atoms with Crippen LogP contribution in [0.2, 0.25) is 0 Å². The summed E-state index contributed by atoms with van der Waals surface area (Å²) in [5.74, 6) is -0.297. The molecule has 1 N–H and O–H groups in total. The number of hydrogen-bond donors (Lipinski definition) is 1. The molecule has 1 saturated heterocycles. The van der Waals surface area contributed by atoms with Gasteiger partial charge in [0.15, 0.2) is 0 Å². The standard InChI is InChI=1S/C15H22N2O4S.C3H8.C2H6/c1-11-4-5-12(15(18)16-2)10-14(11)22(19,20)17-8-6-13(21-3)7-9-17;1-3-2;1-2/h4-5,10,13H,6-9H2,1-3H3,(H,16,18);3H2,1-2H3;1-2H3. The van der Waals surface area contributed by atoms with Crippen molar-refractivity contribution in [2.45, 2.75) is 64.9 Å². The van der Waals surface area contributed by atoms with E-state index in [1.165, 1.54) is 23.8 Å². The zero-order valence-electron chi connectivity index (χ0n) is 17.8. The predicted octanol–water partition coefficient (Wildman–Crippen LogP) is 3.60. The van der Waals surface area contributed by atoms with Gasteiger partial charge in [0.25, 0.3) is 5.91 Å². The van der Waals surface area contributed by atoms with Crippen LogP contribution in [0.1, 0.15) is 62.9 Å². The normalized spacial score (nSPS) is 15.1. The van der Waals surface area contributed by atoms with Gasteiger partial charge in [-0.1, -0.05) is 40.2 Å². The van der Waals surface area contributed by atoms with Crippen LogP contribution in [0, 0.1) is 6.92 Å². The Balaban J connectivity index is 0.00000123. The molecule has 1 aliphatic rings. The molecule has 0 unspecified atom stereocenters. The number of sulfonamides is 1. The number of methoxy groups -OCH3 is 1. The van der Waals surface area contributed by atoms with E-state index in [2.05, 4.69) is 19.2 Å². The molecule has 2 rings (SSSR count). The Hall–Kier alpha value is -1.44. The molecule has 0 atom stereocenters. The van der Waals surface area contributed by atoms with Gasteiger partial charge in [0.1, 0.15) is 0 Å². The first-order chi connectivity index (χ1) is 12.8. The number of benzene rings is 1. The number of hydrogen-bond acceptors (Lipinski definition) is 4. The zero-order chi connectivity index (χ0) is 21.0. The Morgan fingerprint density at radius 2 is 1.74 bits per heavy atom. The zero-order valence-corrected chi connectivity index (χ0v) is 18.6. The van der Waals surface area contributed by atoms with Gasteiger partial charge in [0, 0.05) is 32.8 Å². The summed E-state index contributed by atoms with van der Waals surface area (Å²) < 4.78 is 32.4. The lowest BCUT2D eigenvalue weighted by molar-refractivity contribution is 0.0604. The number of ether oxygens (including phenoxy) is 1. The molecule has 1 aliphatic heterocycles. The number of rotatable bonds is 4. The first kappa shape index (κ1) is 25.6. The van der Waals surface area contributed by atoms with Gasteiger partial charge in [-0.2, -0.15) is 4.31 Å². The number of carbonyl (C=O) groups is 1. The molecule has 1 fully saturated rings. The first-order valence-corrected chi connectivity index (χ1v) is 11.1. The number of amides is 1. The number of aryl methyl sites for hydroxylation is 1. The maximum absolute atomic E-state index is 12.8. The van der Waals surface area contributed by atoms with Crippen LogP contribution in [-0.2, 0) is 14.8 Å². The van der Waals surface area contributed by atoms with Gasteiger partial charge in [-0.3, -0.25) is 4.79 Å². The van der Waals surface area contributed by atoms with Crippen LogP contribution in [0.25, 0.3) is 0 Å². The summed E-state index contributed by atoms with van der Waals surface area (Å²) in [6.45, 7) is 10.9. The number of nitrogens with one attached hydrogen (secondary N) is 1. The molecule has 0 spiro atoms. The van der Waals surface area contributed by atoms with Crippen molar-refractivity contribution < 1.29 is 17.9 Å². The maximum Gasteiger partial charge on any atom is 0.251 e. The summed E-state index contributed by atoms with van der Waals surface area (Å²) >= 11 is 0. The Morgan fingerprint density at radius 3 is 2.19 bits per heavy atom. The highest BCUT2D eigenvalue weighted by Gasteiger charge is 2.30. The molecule has 0 bridgehead atoms. The molecule has 7 heteroatoms. The minimum atomic E-state index is -3.59. The summed E-state index contributed by atoms with van der Waals surface area (Å²) in [6, 6.07) is 4.75. The van der Waals surface area contributed by atoms with Crippen LogP contribution in [0.3, 0.4) is 0 Å². The average Bonchev–Trinajstić information content (AvgIpc) is 2.69. The van der Waals surface area contributed by atoms with E-state index >= 15 is 0 Å². The van der Waals surface area contributed by atoms with Crippen molar-refractivity contribution in [1.29, 1.82) is 0 Å². The van der Waals surface area contributed by atoms with Crippen molar-refractivity contribution in [2.75, 3.05) is 27.2 Å². The second-order valence-corrected chi connectivity index (χ2v) is 8.01. The molecule has 0 radical (unpaired) electrons. The third-order valence-corrected chi connectivity index (χ3v) is 6.07. The van der Waals surface area contributed by atoms with E-state index < -0.39 is 10.0 Å². The number of nitrogens with zero attached hydrogens (tertiary/aromatic N) is 1. The highest BCUT2D eigenvalue weighted by Crippen LogP contribution is 2.25. The lowest BCUT2D eigenvalue weighted by Crippen LogP contribution is -2.40. The molecule has 6 nitrogen and oxygen atoms in total. The summed E-state index contributed by atoms with van der Waals surface area (Å²) in [6.07, 6.45) is 2.73. The van der Waals surface area contributed by atoms with Crippen molar-refractivity contribution in [3.8, 4) is 0 Å². The van der Waals surface area contributed by atoms with Crippen LogP contribution < -0.4 is 5.32 Å². The Kier molecular flexibility index (Phi) is 12.2. The van der Waals surface area contributed by atoms with E-state index in [0.717, 1.165) is 0 Å². The van der Waals surface area contributed by atoms with Crippen molar-refractivity contribution in [2.24, 2.45) is 0 Å². The monoisotopic (exact) mass is 400 g/mol. The highest BCUT2D eigenvalue weighted by molar-refractivity contribution is 7.89. The van der Waals surface area contributed by atoms with Crippen LogP contribution in [0.4, 0.5) is 0 Å². The highest BCUT2D eigenvalue weighted by atomic mass is 32.2. The van der Waals surface area contributed by atoms with E-state index in [9.17, 15) is 13.2 Å². The lowest BCUT2D eigenvalue weighted by Gasteiger charge is -2.30. The molecule has 0 saturated carbocycles. The second kappa shape index (κ2) is 12.9. The Labute approximate surface area is 165 Å². The molecule has 1 amide bonds. The SMILES string of the molecule is CC.CCC.CNC(=O)c1ccc(C)c(S(=O)(=O)N2CCC(OC)CC2)c1. The summed E-state index contributed by atoms with van der Waals surface area (Å²) in [5.41, 5.74) is 0.986. The van der Waals surface area contributed by atoms with Crippen molar-refractivity contribution in [3.05, 3.63) is 29.3 Å². The third kappa shape index (κ3) is 7.24. The summed E-state index contributed by atoms with van der Waals surface area (Å²) in [7, 11) is -0.426. The topological polar surface area (TPSA) is 75.7 Å². The average molecular weight is 401 g/mol. The van der Waals surface area contributed by atoms with Gasteiger partial charge in [-0.05, 0) is 37.5 Å². The van der Waals surface area contributed by atoms with E-state index in [1.807, 2.05) is 13.8 Å². The van der Waals surface area contributed by atoms with Gasteiger partial charge in [0.2, 0.25) is 10.0 Å². The molecule has 27 heavy (non-hydrogen) atoms. The van der Waals surface area contributed by atoms with Crippen LogP contribution in [-0.4, -0.2) is 52.0 Å². The Bertz CT molecular complexity index is 667. The molecule has 0 aliphatic carbocycles. The molecular formula is C20H36N2O4S. The van der Waals surface area contributed by atoms with Crippen molar-refractivity contribution in [1.82, 2.24) is 9.62 Å². The quantitative estimate of drug-likeness (QED) is 0.838. The Morgan fingerprint density at radius 1 is 1.22 bits per heavy atom. The van der Waals surface area contributed by atoms with Crippen LogP contribution in [0.15, 0.2) is 23.1 Å². The minimum absolute atomic E-state index is 0.116. The van der Waals surface area contributed by atoms with E-state index in [0.29, 0.717) is 37.1 Å². The van der Waals surface area contributed by atoms with Crippen LogP contribution in [0.5, 0.6) is 0 Å². The number of piperidine rings is 1. The molecule has 156 valence electrons. The molecule has 1 heterocycles. The summed E-state index contributed by atoms with van der Waals surface area (Å²) in [5, 5.41) is 2.51. The fraction of sp³-hybridized carbons (Fsp3) is 0.650. The van der Waals surface area contributed by atoms with Crippen LogP contribution >= 0.6 is 0 Å². The summed E-state index contributed by atoms with van der Waals surface area (Å²) in [4.78, 5) is 11.9. The van der Waals surface area contributed by atoms with E-state index in [1.54, 1.807) is 26.2 Å². The molecule has 1 aromatic rings. The third-order valence-electron chi connectivity index (χ3n) is 4.03. The minimum Gasteiger partial charge on any atom is -0.381 e. The van der Waals surface area contributed by atoms with Gasteiger partial charge >= 0.3 is 0 Å². The van der Waals surface area contributed by atoms with E-state index in [-0.39, 0.29) is 16.9 Å². The van der Waals surface area contributed by atoms with Gasteiger partial charge in [0.05, 0.1) is 11.0 Å². The smallest absolute Gasteiger partial charge is 0.251 e. The van der Waals surface area contributed by atoms with Crippen molar-refractivity contribution >= 4 is 15.9 Å². The molecular weight excluding hydrogens is 364 g/mol. The van der Waals surface area contributed by atoms with E-state index in [4.69, 9.17) is 4.74 Å². The largest absolute Gasteiger partial charge is 0.381 e. The predicted molar refractivity (Wildman–Crippen MR) is 111 cm³/mol. The second-order valence-electron chi connectivity index (χ2n) is 6.11. The molecule has 1 aromatic carbocycles. The first-order valence-electron chi connectivity index (χ1n) is 9.67. The molecule has 0 aromatic heterocycles. The van der Waals surface area contributed by atoms with Crippen molar-refractivity contribution in [3.63, 3.8) is 0 Å².